The van der Waals surface area contributed by atoms with E-state index in [2.05, 4.69) is 10.1 Å². The number of hydrogen-bond donors (Lipinski definition) is 1. The molecule has 1 heterocycles. The second-order valence-electron chi connectivity index (χ2n) is 3.74. The number of rotatable bonds is 9. The second kappa shape index (κ2) is 8.16. The second-order valence-corrected chi connectivity index (χ2v) is 3.74. The van der Waals surface area contributed by atoms with Gasteiger partial charge in [-0.25, -0.2) is 4.98 Å². The lowest BCUT2D eigenvalue weighted by atomic mass is 10.2. The van der Waals surface area contributed by atoms with E-state index in [1.807, 2.05) is 6.92 Å². The molecule has 1 aromatic heterocycles. The molecule has 6 heteroatoms. The summed E-state index contributed by atoms with van der Waals surface area (Å²) in [5, 5.41) is 13.9. The summed E-state index contributed by atoms with van der Waals surface area (Å²) in [4.78, 5) is 4.12. The molecule has 0 bridgehead atoms. The van der Waals surface area contributed by atoms with E-state index >= 15 is 0 Å². The topological polar surface area (TPSA) is 69.4 Å². The number of aromatic nitrogens is 3. The lowest BCUT2D eigenvalue weighted by molar-refractivity contribution is 0.0473. The molecule has 0 radical (unpaired) electrons. The quantitative estimate of drug-likeness (QED) is 0.630. The fourth-order valence-corrected chi connectivity index (χ4v) is 1.49. The number of aliphatic hydroxyl groups is 1. The van der Waals surface area contributed by atoms with Gasteiger partial charge in [-0.15, -0.1) is 0 Å². The Balaban J connectivity index is 2.18. The third-order valence-corrected chi connectivity index (χ3v) is 2.44. The molecule has 1 N–H and O–H groups in total. The van der Waals surface area contributed by atoms with E-state index in [-0.39, 0.29) is 0 Å². The number of hydrogen-bond acceptors (Lipinski definition) is 5. The normalized spacial score (nSPS) is 12.9. The zero-order valence-corrected chi connectivity index (χ0v) is 10.5. The average molecular weight is 243 g/mol. The molecule has 0 amide bonds. The van der Waals surface area contributed by atoms with Crippen molar-refractivity contribution in [3.05, 3.63) is 12.2 Å². The summed E-state index contributed by atoms with van der Waals surface area (Å²) in [5.74, 6) is 0.817. The molecule has 1 rings (SSSR count). The van der Waals surface area contributed by atoms with Crippen molar-refractivity contribution in [3.63, 3.8) is 0 Å². The minimum atomic E-state index is -0.438. The first-order valence-electron chi connectivity index (χ1n) is 5.89. The van der Waals surface area contributed by atoms with Crippen LogP contribution in [0, 0.1) is 0 Å². The molecule has 1 atom stereocenters. The molecule has 0 aliphatic heterocycles. The van der Waals surface area contributed by atoms with E-state index < -0.39 is 6.10 Å². The molecular weight excluding hydrogens is 222 g/mol. The monoisotopic (exact) mass is 243 g/mol. The molecule has 0 aromatic carbocycles. The number of nitrogens with zero attached hydrogens (tertiary/aromatic N) is 3. The Hall–Kier alpha value is -0.980. The van der Waals surface area contributed by atoms with Crippen molar-refractivity contribution in [1.29, 1.82) is 0 Å². The Morgan fingerprint density at radius 3 is 2.94 bits per heavy atom. The van der Waals surface area contributed by atoms with Crippen LogP contribution in [0.25, 0.3) is 0 Å². The third-order valence-electron chi connectivity index (χ3n) is 2.44. The summed E-state index contributed by atoms with van der Waals surface area (Å²) in [7, 11) is 1.63. The highest BCUT2D eigenvalue weighted by Crippen LogP contribution is 2.03. The van der Waals surface area contributed by atoms with Crippen LogP contribution in [0.1, 0.15) is 19.2 Å². The van der Waals surface area contributed by atoms with Crippen LogP contribution in [0.3, 0.4) is 0 Å². The predicted octanol–water partition coefficient (Wildman–Crippen LogP) is 0.254. The standard InChI is InChI=1S/C11H21N3O3/c1-3-14-11(12-9-13-14)8-10(15)4-5-17-7-6-16-2/h9-10,15H,3-8H2,1-2H3. The van der Waals surface area contributed by atoms with Crippen LogP contribution in [-0.2, 0) is 22.4 Å². The van der Waals surface area contributed by atoms with Gasteiger partial charge in [0.05, 0.1) is 19.3 Å². The fourth-order valence-electron chi connectivity index (χ4n) is 1.49. The van der Waals surface area contributed by atoms with Crippen LogP contribution in [0.2, 0.25) is 0 Å². The van der Waals surface area contributed by atoms with Gasteiger partial charge in [0.25, 0.3) is 0 Å². The molecule has 1 aromatic rings. The minimum absolute atomic E-state index is 0.438. The first-order chi connectivity index (χ1) is 8.27. The van der Waals surface area contributed by atoms with E-state index in [1.165, 1.54) is 6.33 Å². The third kappa shape index (κ3) is 5.25. The molecule has 0 aliphatic rings. The van der Waals surface area contributed by atoms with Crippen molar-refractivity contribution in [2.24, 2.45) is 0 Å². The van der Waals surface area contributed by atoms with E-state index in [1.54, 1.807) is 11.8 Å². The zero-order valence-electron chi connectivity index (χ0n) is 10.5. The lowest BCUT2D eigenvalue weighted by Crippen LogP contribution is -2.18. The van der Waals surface area contributed by atoms with Gasteiger partial charge in [0.15, 0.2) is 0 Å². The molecule has 17 heavy (non-hydrogen) atoms. The van der Waals surface area contributed by atoms with Crippen molar-refractivity contribution >= 4 is 0 Å². The highest BCUT2D eigenvalue weighted by molar-refractivity contribution is 4.87. The van der Waals surface area contributed by atoms with Crippen LogP contribution in [0.4, 0.5) is 0 Å². The van der Waals surface area contributed by atoms with Gasteiger partial charge < -0.3 is 14.6 Å². The highest BCUT2D eigenvalue weighted by Gasteiger charge is 2.10. The number of methoxy groups -OCH3 is 1. The van der Waals surface area contributed by atoms with Gasteiger partial charge in [-0.1, -0.05) is 0 Å². The van der Waals surface area contributed by atoms with Crippen molar-refractivity contribution < 1.29 is 14.6 Å². The van der Waals surface area contributed by atoms with E-state index in [0.29, 0.717) is 32.7 Å². The Morgan fingerprint density at radius 2 is 2.24 bits per heavy atom. The summed E-state index contributed by atoms with van der Waals surface area (Å²) < 4.78 is 11.9. The van der Waals surface area contributed by atoms with Gasteiger partial charge in [0, 0.05) is 26.7 Å². The molecule has 0 aliphatic carbocycles. The molecule has 98 valence electrons. The predicted molar refractivity (Wildman–Crippen MR) is 62.7 cm³/mol. The molecular formula is C11H21N3O3. The van der Waals surface area contributed by atoms with Gasteiger partial charge in [0.2, 0.25) is 0 Å². The number of aliphatic hydroxyl groups excluding tert-OH is 1. The molecule has 0 saturated carbocycles. The average Bonchev–Trinajstić information content (AvgIpc) is 2.76. The van der Waals surface area contributed by atoms with Gasteiger partial charge in [-0.3, -0.25) is 4.68 Å². The van der Waals surface area contributed by atoms with Crippen LogP contribution in [0.15, 0.2) is 6.33 Å². The molecule has 6 nitrogen and oxygen atoms in total. The number of aryl methyl sites for hydroxylation is 1. The maximum atomic E-state index is 9.81. The zero-order chi connectivity index (χ0) is 12.5. The molecule has 1 unspecified atom stereocenters. The Kier molecular flexibility index (Phi) is 6.76. The summed E-state index contributed by atoms with van der Waals surface area (Å²) in [6.45, 7) is 4.45. The lowest BCUT2D eigenvalue weighted by Gasteiger charge is -2.10. The van der Waals surface area contributed by atoms with Gasteiger partial charge in [-0.05, 0) is 13.3 Å². The van der Waals surface area contributed by atoms with Gasteiger partial charge >= 0.3 is 0 Å². The summed E-state index contributed by atoms with van der Waals surface area (Å²) in [5.41, 5.74) is 0. The van der Waals surface area contributed by atoms with E-state index in [9.17, 15) is 5.11 Å². The van der Waals surface area contributed by atoms with Crippen molar-refractivity contribution in [1.82, 2.24) is 14.8 Å². The summed E-state index contributed by atoms with van der Waals surface area (Å²) in [6.07, 6.45) is 2.19. The van der Waals surface area contributed by atoms with Crippen LogP contribution < -0.4 is 0 Å². The van der Waals surface area contributed by atoms with Crippen molar-refractivity contribution in [2.45, 2.75) is 32.4 Å². The summed E-state index contributed by atoms with van der Waals surface area (Å²) in [6, 6.07) is 0. The largest absolute Gasteiger partial charge is 0.393 e. The smallest absolute Gasteiger partial charge is 0.138 e. The first kappa shape index (κ1) is 14.1. The first-order valence-corrected chi connectivity index (χ1v) is 5.89. The minimum Gasteiger partial charge on any atom is -0.393 e. The Labute approximate surface area is 102 Å². The van der Waals surface area contributed by atoms with Gasteiger partial charge in [-0.2, -0.15) is 5.10 Å². The molecule has 0 spiro atoms. The molecule has 0 fully saturated rings. The highest BCUT2D eigenvalue weighted by atomic mass is 16.5. The van der Waals surface area contributed by atoms with Crippen molar-refractivity contribution in [3.8, 4) is 0 Å². The summed E-state index contributed by atoms with van der Waals surface area (Å²) >= 11 is 0. The number of ether oxygens (including phenoxy) is 2. The van der Waals surface area contributed by atoms with Crippen LogP contribution in [-0.4, -0.2) is 52.9 Å². The Morgan fingerprint density at radius 1 is 1.41 bits per heavy atom. The maximum Gasteiger partial charge on any atom is 0.138 e. The van der Waals surface area contributed by atoms with Crippen molar-refractivity contribution in [2.75, 3.05) is 26.9 Å². The Bertz CT molecular complexity index is 304. The van der Waals surface area contributed by atoms with Crippen LogP contribution >= 0.6 is 0 Å². The fraction of sp³-hybridized carbons (Fsp3) is 0.818. The van der Waals surface area contributed by atoms with E-state index in [4.69, 9.17) is 9.47 Å². The molecule has 0 saturated heterocycles. The van der Waals surface area contributed by atoms with Crippen LogP contribution in [0.5, 0.6) is 0 Å². The maximum absolute atomic E-state index is 9.81. The van der Waals surface area contributed by atoms with Gasteiger partial charge in [0.1, 0.15) is 12.2 Å². The van der Waals surface area contributed by atoms with E-state index in [0.717, 1.165) is 12.4 Å². The SMILES string of the molecule is CCn1ncnc1CC(O)CCOCCOC.